The molecule has 0 saturated carbocycles. The first-order valence-electron chi connectivity index (χ1n) is 7.86. The quantitative estimate of drug-likeness (QED) is 0.842. The maximum atomic E-state index is 12.0. The molecule has 2 rings (SSSR count). The summed E-state index contributed by atoms with van der Waals surface area (Å²) in [7, 11) is 0. The Bertz CT molecular complexity index is 306. The molecule has 2 fully saturated rings. The Balaban J connectivity index is 1.85. The third kappa shape index (κ3) is 3.93. The van der Waals surface area contributed by atoms with Gasteiger partial charge in [-0.15, -0.1) is 0 Å². The van der Waals surface area contributed by atoms with Crippen molar-refractivity contribution < 1.29 is 4.79 Å². The minimum Gasteiger partial charge on any atom is -0.341 e. The summed E-state index contributed by atoms with van der Waals surface area (Å²) in [6, 6.07) is 0.362. The van der Waals surface area contributed by atoms with Gasteiger partial charge in [-0.3, -0.25) is 4.79 Å². The molecule has 0 spiro atoms. The van der Waals surface area contributed by atoms with Crippen molar-refractivity contribution in [3.63, 3.8) is 0 Å². The third-order valence-corrected chi connectivity index (χ3v) is 4.65. The van der Waals surface area contributed by atoms with Crippen LogP contribution in [0.15, 0.2) is 0 Å². The van der Waals surface area contributed by atoms with Crippen LogP contribution in [0.2, 0.25) is 0 Å². The first kappa shape index (κ1) is 14.8. The van der Waals surface area contributed by atoms with E-state index in [1.165, 1.54) is 32.2 Å². The van der Waals surface area contributed by atoms with E-state index in [9.17, 15) is 4.79 Å². The SMILES string of the molecule is C[C@@H](N)C(=O)N1CCC[C@@H](CN2CCCC[C@@H]2C)C1. The van der Waals surface area contributed by atoms with Crippen molar-refractivity contribution in [2.45, 2.75) is 58.0 Å². The fourth-order valence-corrected chi connectivity index (χ4v) is 3.46. The lowest BCUT2D eigenvalue weighted by Crippen LogP contribution is -2.50. The molecule has 0 aromatic rings. The molecule has 19 heavy (non-hydrogen) atoms. The van der Waals surface area contributed by atoms with Crippen LogP contribution in [-0.4, -0.2) is 54.0 Å². The van der Waals surface area contributed by atoms with Crippen LogP contribution in [0.4, 0.5) is 0 Å². The van der Waals surface area contributed by atoms with E-state index in [1.54, 1.807) is 6.92 Å². The first-order valence-corrected chi connectivity index (χ1v) is 7.86. The van der Waals surface area contributed by atoms with E-state index in [0.717, 1.165) is 26.1 Å². The predicted octanol–water partition coefficient (Wildman–Crippen LogP) is 1.45. The summed E-state index contributed by atoms with van der Waals surface area (Å²) < 4.78 is 0. The van der Waals surface area contributed by atoms with E-state index < -0.39 is 0 Å². The zero-order valence-electron chi connectivity index (χ0n) is 12.5. The monoisotopic (exact) mass is 267 g/mol. The molecule has 4 heteroatoms. The van der Waals surface area contributed by atoms with Crippen LogP contribution < -0.4 is 5.73 Å². The zero-order valence-corrected chi connectivity index (χ0v) is 12.5. The van der Waals surface area contributed by atoms with Crippen molar-refractivity contribution >= 4 is 5.91 Å². The highest BCUT2D eigenvalue weighted by molar-refractivity contribution is 5.81. The van der Waals surface area contributed by atoms with Gasteiger partial charge in [-0.25, -0.2) is 0 Å². The second-order valence-corrected chi connectivity index (χ2v) is 6.42. The fourth-order valence-electron chi connectivity index (χ4n) is 3.46. The molecule has 0 unspecified atom stereocenters. The second-order valence-electron chi connectivity index (χ2n) is 6.42. The molecule has 3 atom stereocenters. The summed E-state index contributed by atoms with van der Waals surface area (Å²) in [5, 5.41) is 0. The van der Waals surface area contributed by atoms with Gasteiger partial charge >= 0.3 is 0 Å². The summed E-state index contributed by atoms with van der Waals surface area (Å²) >= 11 is 0. The highest BCUT2D eigenvalue weighted by Crippen LogP contribution is 2.23. The number of nitrogens with two attached hydrogens (primary N) is 1. The number of carbonyl (C=O) groups is 1. The van der Waals surface area contributed by atoms with Crippen LogP contribution in [0.1, 0.15) is 46.0 Å². The average Bonchev–Trinajstić information content (AvgIpc) is 2.41. The lowest BCUT2D eigenvalue weighted by molar-refractivity contribution is -0.134. The number of amides is 1. The van der Waals surface area contributed by atoms with E-state index in [1.807, 2.05) is 4.90 Å². The molecular formula is C15H29N3O. The van der Waals surface area contributed by atoms with E-state index in [2.05, 4.69) is 11.8 Å². The first-order chi connectivity index (χ1) is 9.08. The molecule has 0 aromatic heterocycles. The van der Waals surface area contributed by atoms with E-state index in [0.29, 0.717) is 12.0 Å². The highest BCUT2D eigenvalue weighted by Gasteiger charge is 2.28. The molecule has 2 N–H and O–H groups in total. The van der Waals surface area contributed by atoms with Gasteiger partial charge in [0.25, 0.3) is 0 Å². The van der Waals surface area contributed by atoms with Crippen molar-refractivity contribution in [2.75, 3.05) is 26.2 Å². The lowest BCUT2D eigenvalue weighted by Gasteiger charge is -2.40. The molecule has 110 valence electrons. The lowest BCUT2D eigenvalue weighted by atomic mass is 9.94. The van der Waals surface area contributed by atoms with Gasteiger partial charge in [0, 0.05) is 25.7 Å². The van der Waals surface area contributed by atoms with Gasteiger partial charge in [0.05, 0.1) is 6.04 Å². The van der Waals surface area contributed by atoms with Crippen LogP contribution in [0.5, 0.6) is 0 Å². The number of piperidine rings is 2. The molecule has 0 bridgehead atoms. The van der Waals surface area contributed by atoms with Gasteiger partial charge in [0.2, 0.25) is 5.91 Å². The summed E-state index contributed by atoms with van der Waals surface area (Å²) in [6.07, 6.45) is 6.42. The van der Waals surface area contributed by atoms with Gasteiger partial charge in [0.15, 0.2) is 0 Å². The Kier molecular flexibility index (Phi) is 5.22. The molecule has 1 amide bonds. The van der Waals surface area contributed by atoms with Crippen molar-refractivity contribution in [3.8, 4) is 0 Å². The van der Waals surface area contributed by atoms with Crippen molar-refractivity contribution in [2.24, 2.45) is 11.7 Å². The van der Waals surface area contributed by atoms with Crippen molar-refractivity contribution in [3.05, 3.63) is 0 Å². The summed E-state index contributed by atoms with van der Waals surface area (Å²) in [5.74, 6) is 0.758. The minimum absolute atomic E-state index is 0.122. The molecule has 0 radical (unpaired) electrons. The van der Waals surface area contributed by atoms with E-state index in [4.69, 9.17) is 5.73 Å². The molecule has 4 nitrogen and oxygen atoms in total. The molecule has 2 saturated heterocycles. The van der Waals surface area contributed by atoms with Gasteiger partial charge < -0.3 is 15.5 Å². The minimum atomic E-state index is -0.354. The topological polar surface area (TPSA) is 49.6 Å². The molecule has 0 aromatic carbocycles. The fraction of sp³-hybridized carbons (Fsp3) is 0.933. The average molecular weight is 267 g/mol. The Morgan fingerprint density at radius 2 is 2.05 bits per heavy atom. The van der Waals surface area contributed by atoms with Crippen molar-refractivity contribution in [1.82, 2.24) is 9.80 Å². The smallest absolute Gasteiger partial charge is 0.239 e. The van der Waals surface area contributed by atoms with Gasteiger partial charge in [-0.2, -0.15) is 0 Å². The summed E-state index contributed by atoms with van der Waals surface area (Å²) in [4.78, 5) is 16.6. The maximum Gasteiger partial charge on any atom is 0.239 e. The normalized spacial score (nSPS) is 31.2. The molecule has 2 heterocycles. The van der Waals surface area contributed by atoms with Crippen LogP contribution in [-0.2, 0) is 4.79 Å². The molecule has 2 aliphatic rings. The molecular weight excluding hydrogens is 238 g/mol. The van der Waals surface area contributed by atoms with E-state index in [-0.39, 0.29) is 11.9 Å². The summed E-state index contributed by atoms with van der Waals surface area (Å²) in [5.41, 5.74) is 5.72. The van der Waals surface area contributed by atoms with Gasteiger partial charge in [-0.05, 0) is 52.0 Å². The third-order valence-electron chi connectivity index (χ3n) is 4.65. The van der Waals surface area contributed by atoms with Gasteiger partial charge in [-0.1, -0.05) is 6.42 Å². The number of hydrogen-bond acceptors (Lipinski definition) is 3. The number of likely N-dealkylation sites (tertiary alicyclic amines) is 2. The Hall–Kier alpha value is -0.610. The van der Waals surface area contributed by atoms with E-state index >= 15 is 0 Å². The van der Waals surface area contributed by atoms with Crippen LogP contribution in [0.3, 0.4) is 0 Å². The zero-order chi connectivity index (χ0) is 13.8. The Labute approximate surface area is 117 Å². The molecule has 2 aliphatic heterocycles. The number of nitrogens with zero attached hydrogens (tertiary/aromatic N) is 2. The summed E-state index contributed by atoms with van der Waals surface area (Å²) in [6.45, 7) is 8.32. The largest absolute Gasteiger partial charge is 0.341 e. The van der Waals surface area contributed by atoms with Crippen molar-refractivity contribution in [1.29, 1.82) is 0 Å². The number of hydrogen-bond donors (Lipinski definition) is 1. The highest BCUT2D eigenvalue weighted by atomic mass is 16.2. The molecule has 0 aliphatic carbocycles. The number of carbonyl (C=O) groups excluding carboxylic acids is 1. The maximum absolute atomic E-state index is 12.0. The van der Waals surface area contributed by atoms with Crippen LogP contribution in [0.25, 0.3) is 0 Å². The van der Waals surface area contributed by atoms with Crippen LogP contribution in [0, 0.1) is 5.92 Å². The standard InChI is InChI=1S/C15H29N3O/c1-12-6-3-4-8-17(12)10-14-7-5-9-18(11-14)15(19)13(2)16/h12-14H,3-11,16H2,1-2H3/t12-,13+,14-/m0/s1. The Morgan fingerprint density at radius 1 is 1.26 bits per heavy atom. The van der Waals surface area contributed by atoms with Gasteiger partial charge in [0.1, 0.15) is 0 Å². The predicted molar refractivity (Wildman–Crippen MR) is 77.8 cm³/mol. The second kappa shape index (κ2) is 6.71. The Morgan fingerprint density at radius 3 is 2.74 bits per heavy atom. The number of rotatable bonds is 3. The van der Waals surface area contributed by atoms with Crippen LogP contribution >= 0.6 is 0 Å².